The van der Waals surface area contributed by atoms with Gasteiger partial charge in [-0.2, -0.15) is 0 Å². The second kappa shape index (κ2) is 9.07. The van der Waals surface area contributed by atoms with Gasteiger partial charge in [0.25, 0.3) is 5.56 Å². The Labute approximate surface area is 246 Å². The molecule has 3 aromatic heterocycles. The first-order valence-electron chi connectivity index (χ1n) is 14.5. The molecule has 0 bridgehead atoms. The quantitative estimate of drug-likeness (QED) is 0.234. The van der Waals surface area contributed by atoms with Crippen LogP contribution < -0.4 is 5.56 Å². The van der Waals surface area contributed by atoms with Gasteiger partial charge in [0.2, 0.25) is 0 Å². The first-order chi connectivity index (χ1) is 21.3. The Kier molecular flexibility index (Phi) is 5.02. The number of rotatable bonds is 3. The van der Waals surface area contributed by atoms with Gasteiger partial charge in [-0.3, -0.25) is 9.36 Å². The van der Waals surface area contributed by atoms with Crippen molar-refractivity contribution >= 4 is 54.5 Å². The van der Waals surface area contributed by atoms with Gasteiger partial charge < -0.3 is 9.55 Å². The van der Waals surface area contributed by atoms with Crippen molar-refractivity contribution in [2.75, 3.05) is 0 Å². The smallest absolute Gasteiger partial charge is 0.257 e. The van der Waals surface area contributed by atoms with E-state index in [9.17, 15) is 4.79 Å². The van der Waals surface area contributed by atoms with Crippen LogP contribution in [0.5, 0.6) is 0 Å². The summed E-state index contributed by atoms with van der Waals surface area (Å²) in [5.41, 5.74) is 8.60. The zero-order valence-corrected chi connectivity index (χ0v) is 23.2. The lowest BCUT2D eigenvalue weighted by molar-refractivity contribution is 1.13. The van der Waals surface area contributed by atoms with E-state index in [1.54, 1.807) is 0 Å². The van der Waals surface area contributed by atoms with Crippen LogP contribution in [0, 0.1) is 0 Å². The molecular weight excluding hydrogens is 526 g/mol. The van der Waals surface area contributed by atoms with Crippen LogP contribution in [-0.2, 0) is 0 Å². The van der Waals surface area contributed by atoms with Gasteiger partial charge in [-0.25, -0.2) is 0 Å². The number of para-hydroxylation sites is 3. The second-order valence-electron chi connectivity index (χ2n) is 11.0. The van der Waals surface area contributed by atoms with Crippen molar-refractivity contribution in [2.24, 2.45) is 0 Å². The zero-order chi connectivity index (χ0) is 28.5. The van der Waals surface area contributed by atoms with Crippen molar-refractivity contribution < 1.29 is 0 Å². The second-order valence-corrected chi connectivity index (χ2v) is 11.0. The third-order valence-electron chi connectivity index (χ3n) is 8.67. The maximum Gasteiger partial charge on any atom is 0.257 e. The van der Waals surface area contributed by atoms with Crippen molar-refractivity contribution in [3.8, 4) is 22.5 Å². The molecule has 9 aromatic rings. The zero-order valence-electron chi connectivity index (χ0n) is 23.2. The van der Waals surface area contributed by atoms with Gasteiger partial charge in [0.15, 0.2) is 0 Å². The minimum absolute atomic E-state index is 0.0800. The number of benzene rings is 6. The van der Waals surface area contributed by atoms with Gasteiger partial charge in [-0.1, -0.05) is 84.9 Å². The fraction of sp³-hybridized carbons (Fsp3) is 0. The summed E-state index contributed by atoms with van der Waals surface area (Å²) in [7, 11) is 0. The Morgan fingerprint density at radius 1 is 0.419 bits per heavy atom. The number of H-pyrrole nitrogens is 1. The molecule has 4 nitrogen and oxygen atoms in total. The molecule has 0 fully saturated rings. The largest absolute Gasteiger partial charge is 0.309 e. The lowest BCUT2D eigenvalue weighted by Gasteiger charge is -2.09. The molecule has 202 valence electrons. The van der Waals surface area contributed by atoms with E-state index < -0.39 is 0 Å². The standard InChI is InChI=1S/C39H25N3O/c43-39-31-17-8-7-16-30(31)37-33-24-26(20-22-36(33)42(38(37)40-39)28-13-5-2-6-14-28)25-19-21-35-32(23-25)29-15-9-10-18-34(29)41(35)27-11-3-1-4-12-27/h1-24H,(H,40,43). The third-order valence-corrected chi connectivity index (χ3v) is 8.67. The summed E-state index contributed by atoms with van der Waals surface area (Å²) >= 11 is 0. The lowest BCUT2D eigenvalue weighted by atomic mass is 9.99. The molecule has 0 unspecified atom stereocenters. The van der Waals surface area contributed by atoms with E-state index in [2.05, 4.69) is 123 Å². The summed E-state index contributed by atoms with van der Waals surface area (Å²) in [5, 5.41) is 6.27. The number of hydrogen-bond donors (Lipinski definition) is 1. The highest BCUT2D eigenvalue weighted by molar-refractivity contribution is 6.20. The van der Waals surface area contributed by atoms with E-state index in [-0.39, 0.29) is 5.56 Å². The maximum atomic E-state index is 13.2. The first-order valence-corrected chi connectivity index (χ1v) is 14.5. The highest BCUT2D eigenvalue weighted by Gasteiger charge is 2.18. The molecule has 43 heavy (non-hydrogen) atoms. The molecule has 0 radical (unpaired) electrons. The lowest BCUT2D eigenvalue weighted by Crippen LogP contribution is -2.08. The van der Waals surface area contributed by atoms with Crippen LogP contribution in [0.15, 0.2) is 150 Å². The van der Waals surface area contributed by atoms with Gasteiger partial charge >= 0.3 is 0 Å². The fourth-order valence-electron chi connectivity index (χ4n) is 6.79. The summed E-state index contributed by atoms with van der Waals surface area (Å²) in [4.78, 5) is 16.4. The van der Waals surface area contributed by atoms with Gasteiger partial charge in [0, 0.05) is 38.3 Å². The van der Waals surface area contributed by atoms with Gasteiger partial charge in [0.1, 0.15) is 5.65 Å². The molecule has 3 heterocycles. The number of pyridine rings is 1. The average Bonchev–Trinajstić information content (AvgIpc) is 3.57. The van der Waals surface area contributed by atoms with E-state index in [1.165, 1.54) is 21.8 Å². The van der Waals surface area contributed by atoms with Crippen molar-refractivity contribution in [3.63, 3.8) is 0 Å². The third kappa shape index (κ3) is 3.47. The number of aromatic nitrogens is 3. The average molecular weight is 552 g/mol. The number of fused-ring (bicyclic) bond motifs is 8. The topological polar surface area (TPSA) is 42.7 Å². The van der Waals surface area contributed by atoms with E-state index in [0.717, 1.165) is 49.8 Å². The minimum atomic E-state index is -0.0800. The molecule has 0 aliphatic rings. The van der Waals surface area contributed by atoms with Crippen molar-refractivity contribution in [1.82, 2.24) is 14.1 Å². The van der Waals surface area contributed by atoms with Gasteiger partial charge in [-0.05, 0) is 77.2 Å². The molecular formula is C39H25N3O. The molecule has 9 rings (SSSR count). The predicted molar refractivity (Wildman–Crippen MR) is 179 cm³/mol. The highest BCUT2D eigenvalue weighted by Crippen LogP contribution is 2.39. The van der Waals surface area contributed by atoms with Crippen molar-refractivity contribution in [1.29, 1.82) is 0 Å². The predicted octanol–water partition coefficient (Wildman–Crippen LogP) is 9.39. The molecule has 6 aromatic carbocycles. The Bertz CT molecular complexity index is 2570. The molecule has 0 amide bonds. The van der Waals surface area contributed by atoms with Crippen molar-refractivity contribution in [3.05, 3.63) is 156 Å². The van der Waals surface area contributed by atoms with E-state index in [1.807, 2.05) is 36.4 Å². The Morgan fingerprint density at radius 3 is 1.63 bits per heavy atom. The monoisotopic (exact) mass is 551 g/mol. The summed E-state index contributed by atoms with van der Waals surface area (Å²) < 4.78 is 4.51. The Hall–Kier alpha value is -5.87. The van der Waals surface area contributed by atoms with E-state index >= 15 is 0 Å². The SMILES string of the molecule is O=c1[nH]c2c(c3ccccc13)c1cc(-c3ccc4c(c3)c3ccccc3n4-c3ccccc3)ccc1n2-c1ccccc1. The van der Waals surface area contributed by atoms with Gasteiger partial charge in [0.05, 0.1) is 16.6 Å². The normalized spacial score (nSPS) is 11.8. The van der Waals surface area contributed by atoms with Crippen LogP contribution in [0.1, 0.15) is 0 Å². The Morgan fingerprint density at radius 2 is 0.930 bits per heavy atom. The summed E-state index contributed by atoms with van der Waals surface area (Å²) in [5.74, 6) is 0. The molecule has 0 saturated carbocycles. The molecule has 0 saturated heterocycles. The first kappa shape index (κ1) is 23.8. The molecule has 0 aliphatic carbocycles. The Balaban J connectivity index is 1.34. The number of nitrogens with zero attached hydrogens (tertiary/aromatic N) is 2. The van der Waals surface area contributed by atoms with Crippen LogP contribution in [-0.4, -0.2) is 14.1 Å². The fourth-order valence-corrected chi connectivity index (χ4v) is 6.79. The van der Waals surface area contributed by atoms with Crippen LogP contribution in [0.2, 0.25) is 0 Å². The number of aromatic amines is 1. The summed E-state index contributed by atoms with van der Waals surface area (Å²) in [6.07, 6.45) is 0. The van der Waals surface area contributed by atoms with Crippen molar-refractivity contribution in [2.45, 2.75) is 0 Å². The summed E-state index contributed by atoms with van der Waals surface area (Å²) in [6.45, 7) is 0. The molecule has 1 N–H and O–H groups in total. The maximum absolute atomic E-state index is 13.2. The summed E-state index contributed by atoms with van der Waals surface area (Å²) in [6, 6.07) is 50.7. The van der Waals surface area contributed by atoms with Crippen LogP contribution >= 0.6 is 0 Å². The highest BCUT2D eigenvalue weighted by atomic mass is 16.1. The van der Waals surface area contributed by atoms with E-state index in [4.69, 9.17) is 0 Å². The number of nitrogens with one attached hydrogen (secondary N) is 1. The molecule has 4 heteroatoms. The number of hydrogen-bond acceptors (Lipinski definition) is 1. The van der Waals surface area contributed by atoms with Crippen LogP contribution in [0.4, 0.5) is 0 Å². The molecule has 0 atom stereocenters. The van der Waals surface area contributed by atoms with Gasteiger partial charge in [-0.15, -0.1) is 0 Å². The molecule has 0 spiro atoms. The van der Waals surface area contributed by atoms with Crippen LogP contribution in [0.3, 0.4) is 0 Å². The van der Waals surface area contributed by atoms with E-state index in [0.29, 0.717) is 5.39 Å². The van der Waals surface area contributed by atoms with Crippen LogP contribution in [0.25, 0.3) is 77.0 Å². The minimum Gasteiger partial charge on any atom is -0.309 e. The molecule has 0 aliphatic heterocycles.